The number of rotatable bonds is 8. The minimum absolute atomic E-state index is 0.581. The summed E-state index contributed by atoms with van der Waals surface area (Å²) in [6.45, 7) is 5.44. The number of unbranched alkanes of at least 4 members (excludes halogenated alkanes) is 3. The first-order valence-electron chi connectivity index (χ1n) is 10.1. The zero-order valence-corrected chi connectivity index (χ0v) is 15.1. The van der Waals surface area contributed by atoms with Gasteiger partial charge in [0.2, 0.25) is 0 Å². The van der Waals surface area contributed by atoms with E-state index in [0.717, 1.165) is 24.4 Å². The molecule has 1 nitrogen and oxygen atoms in total. The van der Waals surface area contributed by atoms with Crippen LogP contribution in [-0.4, -0.2) is 12.7 Å². The van der Waals surface area contributed by atoms with Gasteiger partial charge < -0.3 is 4.74 Å². The third-order valence-corrected chi connectivity index (χ3v) is 6.02. The summed E-state index contributed by atoms with van der Waals surface area (Å²) in [4.78, 5) is 0. The maximum Gasteiger partial charge on any atom is 0.0575 e. The van der Waals surface area contributed by atoms with Gasteiger partial charge >= 0.3 is 0 Å². The molecule has 22 heavy (non-hydrogen) atoms. The van der Waals surface area contributed by atoms with Crippen molar-refractivity contribution in [2.45, 2.75) is 97.0 Å². The van der Waals surface area contributed by atoms with Gasteiger partial charge in [-0.3, -0.25) is 0 Å². The third kappa shape index (κ3) is 6.07. The molecule has 0 aromatic heterocycles. The lowest BCUT2D eigenvalue weighted by Crippen LogP contribution is -2.28. The fourth-order valence-electron chi connectivity index (χ4n) is 4.59. The molecule has 0 N–H and O–H groups in total. The van der Waals surface area contributed by atoms with Gasteiger partial charge in [0, 0.05) is 6.61 Å². The molecule has 0 aliphatic heterocycles. The van der Waals surface area contributed by atoms with Crippen molar-refractivity contribution in [1.82, 2.24) is 0 Å². The summed E-state index contributed by atoms with van der Waals surface area (Å²) in [5.74, 6) is 2.91. The highest BCUT2D eigenvalue weighted by atomic mass is 16.5. The second kappa shape index (κ2) is 10.5. The zero-order valence-electron chi connectivity index (χ0n) is 15.1. The summed E-state index contributed by atoms with van der Waals surface area (Å²) >= 11 is 0. The van der Waals surface area contributed by atoms with Crippen LogP contribution < -0.4 is 0 Å². The first kappa shape index (κ1) is 18.0. The van der Waals surface area contributed by atoms with Gasteiger partial charge in [-0.05, 0) is 82.5 Å². The average molecular weight is 307 g/mol. The highest BCUT2D eigenvalue weighted by molar-refractivity contribution is 4.90. The number of allylic oxidation sites excluding steroid dienone is 2. The van der Waals surface area contributed by atoms with E-state index in [1.807, 2.05) is 0 Å². The molecular weight excluding hydrogens is 268 g/mol. The molecule has 2 fully saturated rings. The van der Waals surface area contributed by atoms with Crippen LogP contribution in [-0.2, 0) is 4.74 Å². The van der Waals surface area contributed by atoms with Crippen molar-refractivity contribution in [1.29, 1.82) is 0 Å². The molecule has 2 aliphatic rings. The summed E-state index contributed by atoms with van der Waals surface area (Å²) in [5, 5.41) is 0. The van der Waals surface area contributed by atoms with E-state index in [1.165, 1.54) is 77.0 Å². The predicted octanol–water partition coefficient (Wildman–Crippen LogP) is 6.52. The molecule has 128 valence electrons. The Hall–Kier alpha value is -0.300. The number of hydrogen-bond donors (Lipinski definition) is 0. The van der Waals surface area contributed by atoms with E-state index in [-0.39, 0.29) is 0 Å². The fourth-order valence-corrected chi connectivity index (χ4v) is 4.59. The van der Waals surface area contributed by atoms with Crippen molar-refractivity contribution in [2.75, 3.05) is 6.61 Å². The highest BCUT2D eigenvalue weighted by Crippen LogP contribution is 2.40. The SMILES string of the molecule is CC=C[C@H]1CC[C@H]([C@H]2CC[C@H](OCCCCCC)CC2)CC1. The van der Waals surface area contributed by atoms with Crippen molar-refractivity contribution in [3.05, 3.63) is 12.2 Å². The van der Waals surface area contributed by atoms with Crippen molar-refractivity contribution in [2.24, 2.45) is 17.8 Å². The molecule has 0 radical (unpaired) electrons. The summed E-state index contributed by atoms with van der Waals surface area (Å²) < 4.78 is 6.11. The number of ether oxygens (including phenoxy) is 1. The molecule has 0 spiro atoms. The van der Waals surface area contributed by atoms with Crippen LogP contribution >= 0.6 is 0 Å². The molecule has 0 amide bonds. The van der Waals surface area contributed by atoms with E-state index in [0.29, 0.717) is 6.10 Å². The van der Waals surface area contributed by atoms with Gasteiger partial charge in [0.05, 0.1) is 6.10 Å². The van der Waals surface area contributed by atoms with Crippen LogP contribution in [0.4, 0.5) is 0 Å². The second-order valence-electron chi connectivity index (χ2n) is 7.67. The minimum atomic E-state index is 0.581. The van der Waals surface area contributed by atoms with Crippen molar-refractivity contribution >= 4 is 0 Å². The van der Waals surface area contributed by atoms with Crippen LogP contribution in [0.15, 0.2) is 12.2 Å². The van der Waals surface area contributed by atoms with E-state index in [2.05, 4.69) is 26.0 Å². The molecule has 2 aliphatic carbocycles. The topological polar surface area (TPSA) is 9.23 Å². The monoisotopic (exact) mass is 306 g/mol. The summed E-state index contributed by atoms with van der Waals surface area (Å²) in [6, 6.07) is 0. The quantitative estimate of drug-likeness (QED) is 0.366. The smallest absolute Gasteiger partial charge is 0.0575 e. The van der Waals surface area contributed by atoms with E-state index >= 15 is 0 Å². The van der Waals surface area contributed by atoms with Gasteiger partial charge in [-0.1, -0.05) is 38.3 Å². The Morgan fingerprint density at radius 3 is 2.05 bits per heavy atom. The first-order chi connectivity index (χ1) is 10.8. The Bertz CT molecular complexity index is 293. The van der Waals surface area contributed by atoms with Crippen LogP contribution in [0.3, 0.4) is 0 Å². The fraction of sp³-hybridized carbons (Fsp3) is 0.905. The van der Waals surface area contributed by atoms with Crippen LogP contribution in [0.5, 0.6) is 0 Å². The molecule has 0 bridgehead atoms. The lowest BCUT2D eigenvalue weighted by Gasteiger charge is -2.37. The molecule has 0 saturated heterocycles. The van der Waals surface area contributed by atoms with Gasteiger partial charge in [0.15, 0.2) is 0 Å². The van der Waals surface area contributed by atoms with Crippen molar-refractivity contribution in [3.63, 3.8) is 0 Å². The average Bonchev–Trinajstić information content (AvgIpc) is 2.56. The normalized spacial score (nSPS) is 33.4. The van der Waals surface area contributed by atoms with E-state index in [9.17, 15) is 0 Å². The molecule has 2 saturated carbocycles. The Morgan fingerprint density at radius 2 is 1.45 bits per heavy atom. The maximum atomic E-state index is 6.11. The van der Waals surface area contributed by atoms with Crippen LogP contribution in [0.1, 0.15) is 90.9 Å². The first-order valence-corrected chi connectivity index (χ1v) is 10.1. The Kier molecular flexibility index (Phi) is 8.59. The summed E-state index contributed by atoms with van der Waals surface area (Å²) in [6.07, 6.45) is 21.9. The van der Waals surface area contributed by atoms with Crippen molar-refractivity contribution in [3.8, 4) is 0 Å². The molecule has 0 atom stereocenters. The molecule has 0 aromatic rings. The van der Waals surface area contributed by atoms with Gasteiger partial charge in [0.25, 0.3) is 0 Å². The standard InChI is InChI=1S/C21H38O/c1-3-5-6-7-17-22-21-15-13-20(14-16-21)19-11-9-18(8-4-2)10-12-19/h4,8,18-21H,3,5-7,9-17H2,1-2H3/t18-,19-,20-,21-. The Balaban J connectivity index is 1.57. The molecule has 0 aromatic carbocycles. The van der Waals surface area contributed by atoms with E-state index in [1.54, 1.807) is 0 Å². The minimum Gasteiger partial charge on any atom is -0.378 e. The second-order valence-corrected chi connectivity index (χ2v) is 7.67. The Labute approximate surface area is 138 Å². The van der Waals surface area contributed by atoms with Crippen LogP contribution in [0, 0.1) is 17.8 Å². The molecule has 2 rings (SSSR count). The molecular formula is C21H38O. The zero-order chi connectivity index (χ0) is 15.6. The summed E-state index contributed by atoms with van der Waals surface area (Å²) in [5.41, 5.74) is 0. The van der Waals surface area contributed by atoms with Crippen LogP contribution in [0.25, 0.3) is 0 Å². The van der Waals surface area contributed by atoms with Crippen LogP contribution in [0.2, 0.25) is 0 Å². The Morgan fingerprint density at radius 1 is 0.818 bits per heavy atom. The van der Waals surface area contributed by atoms with Gasteiger partial charge in [-0.15, -0.1) is 0 Å². The molecule has 0 heterocycles. The predicted molar refractivity (Wildman–Crippen MR) is 96.1 cm³/mol. The summed E-state index contributed by atoms with van der Waals surface area (Å²) in [7, 11) is 0. The van der Waals surface area contributed by atoms with Gasteiger partial charge in [-0.2, -0.15) is 0 Å². The maximum absolute atomic E-state index is 6.11. The number of hydrogen-bond acceptors (Lipinski definition) is 1. The molecule has 1 heteroatoms. The molecule has 0 unspecified atom stereocenters. The third-order valence-electron chi connectivity index (χ3n) is 6.02. The van der Waals surface area contributed by atoms with E-state index in [4.69, 9.17) is 4.74 Å². The highest BCUT2D eigenvalue weighted by Gasteiger charge is 2.30. The van der Waals surface area contributed by atoms with Crippen molar-refractivity contribution < 1.29 is 4.74 Å². The van der Waals surface area contributed by atoms with E-state index < -0.39 is 0 Å². The lowest BCUT2D eigenvalue weighted by molar-refractivity contribution is 0.00597. The largest absolute Gasteiger partial charge is 0.378 e. The van der Waals surface area contributed by atoms with Gasteiger partial charge in [-0.25, -0.2) is 0 Å². The van der Waals surface area contributed by atoms with Gasteiger partial charge in [0.1, 0.15) is 0 Å². The lowest BCUT2D eigenvalue weighted by atomic mass is 9.70.